The van der Waals surface area contributed by atoms with Gasteiger partial charge in [-0.1, -0.05) is 18.2 Å². The second kappa shape index (κ2) is 5.45. The highest BCUT2D eigenvalue weighted by Gasteiger charge is 2.18. The van der Waals surface area contributed by atoms with Crippen molar-refractivity contribution in [2.24, 2.45) is 0 Å². The van der Waals surface area contributed by atoms with Crippen LogP contribution in [0.2, 0.25) is 0 Å². The van der Waals surface area contributed by atoms with E-state index >= 15 is 0 Å². The summed E-state index contributed by atoms with van der Waals surface area (Å²) < 4.78 is 0. The fourth-order valence-electron chi connectivity index (χ4n) is 1.99. The van der Waals surface area contributed by atoms with Crippen molar-refractivity contribution in [3.05, 3.63) is 52.6 Å². The summed E-state index contributed by atoms with van der Waals surface area (Å²) in [4.78, 5) is 18.2. The summed E-state index contributed by atoms with van der Waals surface area (Å²) in [6.07, 6.45) is 0. The number of benzene rings is 1. The minimum absolute atomic E-state index is 0.00217. The lowest BCUT2D eigenvalue weighted by atomic mass is 10.3. The fraction of sp³-hybridized carbons (Fsp3) is 0.0714. The molecule has 0 saturated carbocycles. The number of hydrogen-bond donors (Lipinski definition) is 2. The summed E-state index contributed by atoms with van der Waals surface area (Å²) >= 11 is 1.25. The SMILES string of the molecule is CNc1ccc([N+](=O)[O-])c(Sc2cc3ccccc3[nH]2)n1. The first-order chi connectivity index (χ1) is 10.2. The summed E-state index contributed by atoms with van der Waals surface area (Å²) in [5, 5.41) is 16.2. The van der Waals surface area contributed by atoms with E-state index in [2.05, 4.69) is 15.3 Å². The monoisotopic (exact) mass is 300 g/mol. The summed E-state index contributed by atoms with van der Waals surface area (Å²) in [7, 11) is 1.73. The first-order valence-electron chi connectivity index (χ1n) is 6.26. The maximum Gasteiger partial charge on any atom is 0.301 e. The molecule has 0 spiro atoms. The largest absolute Gasteiger partial charge is 0.373 e. The highest BCUT2D eigenvalue weighted by atomic mass is 32.2. The van der Waals surface area contributed by atoms with Crippen molar-refractivity contribution in [1.82, 2.24) is 9.97 Å². The molecule has 2 heterocycles. The number of H-pyrrole nitrogens is 1. The summed E-state index contributed by atoms with van der Waals surface area (Å²) in [6.45, 7) is 0. The molecule has 6 nitrogen and oxygen atoms in total. The van der Waals surface area contributed by atoms with Crippen LogP contribution in [0.1, 0.15) is 0 Å². The van der Waals surface area contributed by atoms with Crippen molar-refractivity contribution in [3.8, 4) is 0 Å². The molecule has 0 fully saturated rings. The van der Waals surface area contributed by atoms with Crippen LogP contribution in [0.5, 0.6) is 0 Å². The molecule has 0 bridgehead atoms. The lowest BCUT2D eigenvalue weighted by Crippen LogP contribution is -1.97. The van der Waals surface area contributed by atoms with E-state index in [0.717, 1.165) is 15.9 Å². The Morgan fingerprint density at radius 2 is 2.10 bits per heavy atom. The maximum atomic E-state index is 11.1. The van der Waals surface area contributed by atoms with Crippen LogP contribution in [0.3, 0.4) is 0 Å². The molecule has 0 amide bonds. The van der Waals surface area contributed by atoms with Crippen LogP contribution in [0.4, 0.5) is 11.5 Å². The van der Waals surface area contributed by atoms with Gasteiger partial charge in [0.15, 0.2) is 5.03 Å². The number of para-hydroxylation sites is 1. The molecule has 21 heavy (non-hydrogen) atoms. The average Bonchev–Trinajstić information content (AvgIpc) is 2.89. The smallest absolute Gasteiger partial charge is 0.301 e. The highest BCUT2D eigenvalue weighted by molar-refractivity contribution is 7.99. The molecule has 3 aromatic rings. The minimum Gasteiger partial charge on any atom is -0.373 e. The topological polar surface area (TPSA) is 83.9 Å². The minimum atomic E-state index is -0.419. The fourth-order valence-corrected chi connectivity index (χ4v) is 2.94. The van der Waals surface area contributed by atoms with Gasteiger partial charge in [-0.3, -0.25) is 10.1 Å². The molecule has 1 aromatic carbocycles. The molecular weight excluding hydrogens is 288 g/mol. The normalized spacial score (nSPS) is 10.7. The summed E-state index contributed by atoms with van der Waals surface area (Å²) in [6, 6.07) is 12.9. The number of nitrogens with zero attached hydrogens (tertiary/aromatic N) is 2. The lowest BCUT2D eigenvalue weighted by molar-refractivity contribution is -0.388. The Kier molecular flexibility index (Phi) is 3.49. The third-order valence-electron chi connectivity index (χ3n) is 3.00. The van der Waals surface area contributed by atoms with Crippen LogP contribution in [-0.2, 0) is 0 Å². The number of anilines is 1. The quantitative estimate of drug-likeness (QED) is 0.567. The van der Waals surface area contributed by atoms with Gasteiger partial charge < -0.3 is 10.3 Å². The van der Waals surface area contributed by atoms with Gasteiger partial charge >= 0.3 is 5.69 Å². The standard InChI is InChI=1S/C14H12N4O2S/c1-15-12-7-6-11(18(19)20)14(17-12)21-13-8-9-4-2-3-5-10(9)16-13/h2-8,16H,1H3,(H,15,17). The van der Waals surface area contributed by atoms with E-state index in [4.69, 9.17) is 0 Å². The van der Waals surface area contributed by atoms with Gasteiger partial charge in [0.05, 0.1) is 9.95 Å². The average molecular weight is 300 g/mol. The first-order valence-corrected chi connectivity index (χ1v) is 7.08. The Balaban J connectivity index is 2.01. The molecule has 0 radical (unpaired) electrons. The van der Waals surface area contributed by atoms with Crippen LogP contribution < -0.4 is 5.32 Å². The van der Waals surface area contributed by atoms with Gasteiger partial charge in [-0.15, -0.1) is 0 Å². The molecule has 2 N–H and O–H groups in total. The van der Waals surface area contributed by atoms with Gasteiger partial charge in [0, 0.05) is 24.0 Å². The number of aromatic nitrogens is 2. The molecule has 0 saturated heterocycles. The molecule has 7 heteroatoms. The Labute approximate surface area is 124 Å². The molecular formula is C14H12N4O2S. The predicted octanol–water partition coefficient (Wildman–Crippen LogP) is 3.66. The van der Waals surface area contributed by atoms with E-state index in [0.29, 0.717) is 10.8 Å². The number of rotatable bonds is 4. The molecule has 0 atom stereocenters. The zero-order valence-electron chi connectivity index (χ0n) is 11.2. The maximum absolute atomic E-state index is 11.1. The van der Waals surface area contributed by atoms with Gasteiger partial charge in [0.2, 0.25) is 0 Å². The molecule has 0 aliphatic rings. The van der Waals surface area contributed by atoms with Gasteiger partial charge in [-0.05, 0) is 30.0 Å². The Bertz CT molecular complexity index is 783. The number of fused-ring (bicyclic) bond motifs is 1. The van der Waals surface area contributed by atoms with Crippen molar-refractivity contribution in [2.75, 3.05) is 12.4 Å². The number of pyridine rings is 1. The third-order valence-corrected chi connectivity index (χ3v) is 3.94. The number of nitro groups is 1. The lowest BCUT2D eigenvalue weighted by Gasteiger charge is -2.03. The van der Waals surface area contributed by atoms with Gasteiger partial charge in [0.1, 0.15) is 5.82 Å². The van der Waals surface area contributed by atoms with E-state index in [1.165, 1.54) is 17.8 Å². The van der Waals surface area contributed by atoms with Crippen molar-refractivity contribution < 1.29 is 4.92 Å². The highest BCUT2D eigenvalue weighted by Crippen LogP contribution is 2.35. The third kappa shape index (κ3) is 2.68. The van der Waals surface area contributed by atoms with Crippen LogP contribution in [0, 0.1) is 10.1 Å². The Morgan fingerprint density at radius 3 is 2.81 bits per heavy atom. The van der Waals surface area contributed by atoms with Crippen molar-refractivity contribution >= 4 is 34.2 Å². The molecule has 3 rings (SSSR count). The first kappa shape index (κ1) is 13.4. The molecule has 2 aromatic heterocycles. The van der Waals surface area contributed by atoms with E-state index in [1.54, 1.807) is 13.1 Å². The van der Waals surface area contributed by atoms with E-state index in [-0.39, 0.29) is 5.69 Å². The van der Waals surface area contributed by atoms with Gasteiger partial charge in [-0.2, -0.15) is 0 Å². The molecule has 106 valence electrons. The zero-order valence-corrected chi connectivity index (χ0v) is 12.0. The zero-order chi connectivity index (χ0) is 14.8. The summed E-state index contributed by atoms with van der Waals surface area (Å²) in [5.41, 5.74) is 0.991. The van der Waals surface area contributed by atoms with Crippen LogP contribution in [0.15, 0.2) is 52.5 Å². The van der Waals surface area contributed by atoms with Crippen LogP contribution in [0.25, 0.3) is 10.9 Å². The second-order valence-corrected chi connectivity index (χ2v) is 5.38. The van der Waals surface area contributed by atoms with Crippen molar-refractivity contribution in [2.45, 2.75) is 10.1 Å². The Hall–Kier alpha value is -2.54. The van der Waals surface area contributed by atoms with Crippen LogP contribution in [-0.4, -0.2) is 21.9 Å². The number of aromatic amines is 1. The van der Waals surface area contributed by atoms with Crippen molar-refractivity contribution in [1.29, 1.82) is 0 Å². The molecule has 0 aliphatic heterocycles. The van der Waals surface area contributed by atoms with Gasteiger partial charge in [0.25, 0.3) is 0 Å². The van der Waals surface area contributed by atoms with E-state index in [9.17, 15) is 10.1 Å². The Morgan fingerprint density at radius 1 is 1.29 bits per heavy atom. The van der Waals surface area contributed by atoms with E-state index < -0.39 is 4.92 Å². The number of hydrogen-bond acceptors (Lipinski definition) is 5. The van der Waals surface area contributed by atoms with Crippen molar-refractivity contribution in [3.63, 3.8) is 0 Å². The van der Waals surface area contributed by atoms with Crippen LogP contribution >= 0.6 is 11.8 Å². The molecule has 0 unspecified atom stereocenters. The second-order valence-electron chi connectivity index (χ2n) is 4.35. The number of nitrogens with one attached hydrogen (secondary N) is 2. The van der Waals surface area contributed by atoms with Gasteiger partial charge in [-0.25, -0.2) is 4.98 Å². The van der Waals surface area contributed by atoms with E-state index in [1.807, 2.05) is 30.3 Å². The predicted molar refractivity (Wildman–Crippen MR) is 82.9 cm³/mol. The summed E-state index contributed by atoms with van der Waals surface area (Å²) in [5.74, 6) is 0.596. The molecule has 0 aliphatic carbocycles.